The van der Waals surface area contributed by atoms with Gasteiger partial charge in [-0.3, -0.25) is 0 Å². The molecule has 0 aliphatic heterocycles. The van der Waals surface area contributed by atoms with Crippen molar-refractivity contribution in [2.75, 3.05) is 6.26 Å². The van der Waals surface area contributed by atoms with E-state index in [0.29, 0.717) is 6.04 Å². The molecule has 0 amide bonds. The Morgan fingerprint density at radius 1 is 1.18 bits per heavy atom. The Morgan fingerprint density at radius 2 is 1.88 bits per heavy atom. The van der Waals surface area contributed by atoms with Crippen LogP contribution < -0.4 is 5.32 Å². The van der Waals surface area contributed by atoms with Crippen LogP contribution in [0.15, 0.2) is 29.2 Å². The van der Waals surface area contributed by atoms with Crippen molar-refractivity contribution in [2.24, 2.45) is 11.8 Å². The molecule has 17 heavy (non-hydrogen) atoms. The van der Waals surface area contributed by atoms with E-state index in [2.05, 4.69) is 49.7 Å². The van der Waals surface area contributed by atoms with Crippen molar-refractivity contribution >= 4 is 11.8 Å². The Morgan fingerprint density at radius 3 is 2.41 bits per heavy atom. The van der Waals surface area contributed by atoms with Crippen molar-refractivity contribution in [1.29, 1.82) is 0 Å². The Hall–Kier alpha value is -0.470. The van der Waals surface area contributed by atoms with Gasteiger partial charge in [0.1, 0.15) is 0 Å². The summed E-state index contributed by atoms with van der Waals surface area (Å²) in [6.45, 7) is 5.77. The number of thioether (sulfide) groups is 1. The average molecular weight is 249 g/mol. The minimum Gasteiger partial charge on any atom is -0.310 e. The summed E-state index contributed by atoms with van der Waals surface area (Å²) >= 11 is 1.80. The van der Waals surface area contributed by atoms with Crippen LogP contribution in [0.1, 0.15) is 32.3 Å². The van der Waals surface area contributed by atoms with E-state index >= 15 is 0 Å². The standard InChI is InChI=1S/C15H23NS/c1-11-4-9-15(12(11)2)16-10-13-5-7-14(17-3)8-6-13/h5-8,11-12,15-16H,4,9-10H2,1-3H3. The maximum absolute atomic E-state index is 3.71. The minimum absolute atomic E-state index is 0.713. The van der Waals surface area contributed by atoms with Crippen LogP contribution in [-0.2, 0) is 6.54 Å². The van der Waals surface area contributed by atoms with Crippen molar-refractivity contribution in [3.8, 4) is 0 Å². The summed E-state index contributed by atoms with van der Waals surface area (Å²) in [5.74, 6) is 1.70. The quantitative estimate of drug-likeness (QED) is 0.811. The lowest BCUT2D eigenvalue weighted by Gasteiger charge is -2.19. The van der Waals surface area contributed by atoms with E-state index in [-0.39, 0.29) is 0 Å². The molecule has 1 aliphatic rings. The predicted octanol–water partition coefficient (Wildman–Crippen LogP) is 3.93. The molecule has 3 atom stereocenters. The molecule has 1 N–H and O–H groups in total. The molecule has 0 radical (unpaired) electrons. The van der Waals surface area contributed by atoms with Crippen molar-refractivity contribution in [2.45, 2.75) is 44.2 Å². The van der Waals surface area contributed by atoms with Gasteiger partial charge in [0, 0.05) is 17.5 Å². The zero-order chi connectivity index (χ0) is 12.3. The van der Waals surface area contributed by atoms with Crippen LogP contribution in [-0.4, -0.2) is 12.3 Å². The smallest absolute Gasteiger partial charge is 0.0208 e. The highest BCUT2D eigenvalue weighted by atomic mass is 32.2. The van der Waals surface area contributed by atoms with E-state index in [1.807, 2.05) is 0 Å². The van der Waals surface area contributed by atoms with Gasteiger partial charge in [-0.15, -0.1) is 11.8 Å². The molecule has 94 valence electrons. The lowest BCUT2D eigenvalue weighted by atomic mass is 9.98. The monoisotopic (exact) mass is 249 g/mol. The number of benzene rings is 1. The molecule has 1 aliphatic carbocycles. The number of rotatable bonds is 4. The summed E-state index contributed by atoms with van der Waals surface area (Å²) in [7, 11) is 0. The summed E-state index contributed by atoms with van der Waals surface area (Å²) in [5.41, 5.74) is 1.40. The summed E-state index contributed by atoms with van der Waals surface area (Å²) in [4.78, 5) is 1.34. The van der Waals surface area contributed by atoms with Gasteiger partial charge in [-0.25, -0.2) is 0 Å². The molecule has 2 rings (SSSR count). The van der Waals surface area contributed by atoms with Crippen LogP contribution in [0, 0.1) is 11.8 Å². The highest BCUT2D eigenvalue weighted by molar-refractivity contribution is 7.98. The summed E-state index contributed by atoms with van der Waals surface area (Å²) in [5, 5.41) is 3.71. The highest BCUT2D eigenvalue weighted by Crippen LogP contribution is 2.31. The maximum Gasteiger partial charge on any atom is 0.0208 e. The van der Waals surface area contributed by atoms with Gasteiger partial charge in [0.25, 0.3) is 0 Å². The van der Waals surface area contributed by atoms with Gasteiger partial charge in [0.2, 0.25) is 0 Å². The third-order valence-electron chi connectivity index (χ3n) is 4.19. The van der Waals surface area contributed by atoms with Gasteiger partial charge in [-0.1, -0.05) is 26.0 Å². The Labute approximate surface area is 109 Å². The lowest BCUT2D eigenvalue weighted by Crippen LogP contribution is -2.31. The molecule has 1 aromatic rings. The zero-order valence-electron chi connectivity index (χ0n) is 11.1. The van der Waals surface area contributed by atoms with Crippen molar-refractivity contribution in [1.82, 2.24) is 5.32 Å². The Balaban J connectivity index is 1.85. The molecule has 0 spiro atoms. The summed E-state index contributed by atoms with van der Waals surface area (Å²) < 4.78 is 0. The van der Waals surface area contributed by atoms with E-state index in [1.165, 1.54) is 23.3 Å². The normalized spacial score (nSPS) is 28.5. The topological polar surface area (TPSA) is 12.0 Å². The zero-order valence-corrected chi connectivity index (χ0v) is 11.9. The van der Waals surface area contributed by atoms with Crippen LogP contribution in [0.3, 0.4) is 0 Å². The van der Waals surface area contributed by atoms with Crippen LogP contribution in [0.2, 0.25) is 0 Å². The van der Waals surface area contributed by atoms with E-state index < -0.39 is 0 Å². The largest absolute Gasteiger partial charge is 0.310 e. The van der Waals surface area contributed by atoms with Crippen molar-refractivity contribution in [3.05, 3.63) is 29.8 Å². The van der Waals surface area contributed by atoms with E-state index in [1.54, 1.807) is 11.8 Å². The fourth-order valence-corrected chi connectivity index (χ4v) is 3.05. The Bertz CT molecular complexity index is 346. The fourth-order valence-electron chi connectivity index (χ4n) is 2.65. The van der Waals surface area contributed by atoms with Gasteiger partial charge in [0.15, 0.2) is 0 Å². The molecule has 0 heterocycles. The lowest BCUT2D eigenvalue weighted by molar-refractivity contribution is 0.370. The maximum atomic E-state index is 3.71. The van der Waals surface area contributed by atoms with Crippen LogP contribution in [0.5, 0.6) is 0 Å². The summed E-state index contributed by atoms with van der Waals surface area (Å²) in [6, 6.07) is 9.61. The molecule has 1 fully saturated rings. The molecule has 2 heteroatoms. The van der Waals surface area contributed by atoms with Crippen molar-refractivity contribution < 1.29 is 0 Å². The van der Waals surface area contributed by atoms with Gasteiger partial charge < -0.3 is 5.32 Å². The fraction of sp³-hybridized carbons (Fsp3) is 0.600. The second-order valence-corrected chi connectivity index (χ2v) is 6.13. The predicted molar refractivity (Wildman–Crippen MR) is 76.4 cm³/mol. The highest BCUT2D eigenvalue weighted by Gasteiger charge is 2.28. The second-order valence-electron chi connectivity index (χ2n) is 5.25. The van der Waals surface area contributed by atoms with E-state index in [4.69, 9.17) is 0 Å². The second kappa shape index (κ2) is 5.92. The van der Waals surface area contributed by atoms with Crippen LogP contribution >= 0.6 is 11.8 Å². The molecular weight excluding hydrogens is 226 g/mol. The van der Waals surface area contributed by atoms with Gasteiger partial charge >= 0.3 is 0 Å². The Kier molecular flexibility index (Phi) is 4.52. The van der Waals surface area contributed by atoms with E-state index in [9.17, 15) is 0 Å². The molecule has 3 unspecified atom stereocenters. The molecular formula is C15H23NS. The average Bonchev–Trinajstić information content (AvgIpc) is 2.68. The third-order valence-corrected chi connectivity index (χ3v) is 4.94. The number of nitrogens with one attached hydrogen (secondary N) is 1. The van der Waals surface area contributed by atoms with Gasteiger partial charge in [0.05, 0.1) is 0 Å². The molecule has 1 saturated carbocycles. The van der Waals surface area contributed by atoms with E-state index in [0.717, 1.165) is 18.4 Å². The first-order valence-electron chi connectivity index (χ1n) is 6.57. The molecule has 0 saturated heterocycles. The van der Waals surface area contributed by atoms with Crippen LogP contribution in [0.25, 0.3) is 0 Å². The SMILES string of the molecule is CSc1ccc(CNC2CCC(C)C2C)cc1. The minimum atomic E-state index is 0.713. The first-order valence-corrected chi connectivity index (χ1v) is 7.79. The first kappa shape index (κ1) is 13.0. The number of hydrogen-bond donors (Lipinski definition) is 1. The molecule has 1 nitrogen and oxygen atoms in total. The molecule has 0 bridgehead atoms. The third kappa shape index (κ3) is 3.26. The molecule has 0 aromatic heterocycles. The first-order chi connectivity index (χ1) is 8.20. The number of hydrogen-bond acceptors (Lipinski definition) is 2. The molecule has 1 aromatic carbocycles. The van der Waals surface area contributed by atoms with Crippen LogP contribution in [0.4, 0.5) is 0 Å². The van der Waals surface area contributed by atoms with Crippen molar-refractivity contribution in [3.63, 3.8) is 0 Å². The van der Waals surface area contributed by atoms with Gasteiger partial charge in [-0.2, -0.15) is 0 Å². The summed E-state index contributed by atoms with van der Waals surface area (Å²) in [6.07, 6.45) is 4.84. The van der Waals surface area contributed by atoms with Gasteiger partial charge in [-0.05, 0) is 48.6 Å².